The fourth-order valence-electron chi connectivity index (χ4n) is 1.16. The summed E-state index contributed by atoms with van der Waals surface area (Å²) < 4.78 is 0.872. The van der Waals surface area contributed by atoms with E-state index in [1.165, 1.54) is 0 Å². The normalized spacial score (nSPS) is 10.3. The average Bonchev–Trinajstić information content (AvgIpc) is 2.30. The van der Waals surface area contributed by atoms with Gasteiger partial charge in [-0.3, -0.25) is 4.98 Å². The Kier molecular flexibility index (Phi) is 3.28. The molecule has 0 unspecified atom stereocenters. The van der Waals surface area contributed by atoms with Crippen molar-refractivity contribution in [1.82, 2.24) is 15.0 Å². The van der Waals surface area contributed by atoms with Gasteiger partial charge in [0.2, 0.25) is 0 Å². The van der Waals surface area contributed by atoms with Gasteiger partial charge in [0.15, 0.2) is 5.82 Å². The molecule has 0 aliphatic carbocycles. The van der Waals surface area contributed by atoms with E-state index >= 15 is 0 Å². The van der Waals surface area contributed by atoms with Crippen molar-refractivity contribution >= 4 is 27.5 Å². The first kappa shape index (κ1) is 10.5. The summed E-state index contributed by atoms with van der Waals surface area (Å²) in [4.78, 5) is 12.5. The molecular weight excluding hydrogens is 277 g/mol. The lowest BCUT2D eigenvalue weighted by atomic mass is 10.2. The molecule has 0 radical (unpaired) electrons. The van der Waals surface area contributed by atoms with Crippen LogP contribution in [-0.2, 0) is 5.88 Å². The van der Waals surface area contributed by atoms with Crippen molar-refractivity contribution < 1.29 is 0 Å². The molecule has 5 heteroatoms. The molecule has 0 saturated heterocycles. The van der Waals surface area contributed by atoms with Crippen LogP contribution in [0.2, 0.25) is 0 Å². The van der Waals surface area contributed by atoms with Crippen molar-refractivity contribution in [3.63, 3.8) is 0 Å². The summed E-state index contributed by atoms with van der Waals surface area (Å²) in [5, 5.41) is 0. The molecule has 0 aliphatic rings. The predicted octanol–water partition coefficient (Wildman–Crippen LogP) is 3.04. The van der Waals surface area contributed by atoms with Gasteiger partial charge in [0.1, 0.15) is 0 Å². The maximum atomic E-state index is 5.71. The lowest BCUT2D eigenvalue weighted by Gasteiger charge is -2.02. The first-order valence-electron chi connectivity index (χ1n) is 4.29. The second-order valence-electron chi connectivity index (χ2n) is 2.86. The maximum Gasteiger partial charge on any atom is 0.160 e. The number of hydrogen-bond donors (Lipinski definition) is 0. The monoisotopic (exact) mass is 283 g/mol. The Hall–Kier alpha value is -1.000. The van der Waals surface area contributed by atoms with Crippen LogP contribution in [0.1, 0.15) is 5.69 Å². The summed E-state index contributed by atoms with van der Waals surface area (Å²) in [7, 11) is 0. The molecule has 0 atom stereocenters. The number of alkyl halides is 1. The summed E-state index contributed by atoms with van der Waals surface area (Å²) in [5.41, 5.74) is 1.72. The lowest BCUT2D eigenvalue weighted by molar-refractivity contribution is 1.09. The number of nitrogens with zero attached hydrogens (tertiary/aromatic N) is 3. The van der Waals surface area contributed by atoms with Gasteiger partial charge in [-0.25, -0.2) is 9.97 Å². The van der Waals surface area contributed by atoms with E-state index in [-0.39, 0.29) is 0 Å². The zero-order valence-corrected chi connectivity index (χ0v) is 10.0. The van der Waals surface area contributed by atoms with E-state index in [1.54, 1.807) is 24.7 Å². The zero-order valence-electron chi connectivity index (χ0n) is 7.69. The molecule has 0 amide bonds. The van der Waals surface area contributed by atoms with E-state index < -0.39 is 0 Å². The molecule has 0 saturated carbocycles. The minimum absolute atomic E-state index is 0.387. The third-order valence-corrected chi connectivity index (χ3v) is 2.77. The van der Waals surface area contributed by atoms with Crippen LogP contribution in [0.3, 0.4) is 0 Å². The molecule has 2 heterocycles. The number of hydrogen-bond acceptors (Lipinski definition) is 3. The van der Waals surface area contributed by atoms with E-state index in [0.29, 0.717) is 11.7 Å². The van der Waals surface area contributed by atoms with Crippen LogP contribution >= 0.6 is 27.5 Å². The standard InChI is InChI=1S/C10H7BrClN3/c11-9-6-13-3-2-8(9)10-14-4-1-7(5-12)15-10/h1-4,6H,5H2. The molecule has 0 aliphatic heterocycles. The molecule has 0 bridgehead atoms. The Morgan fingerprint density at radius 2 is 2.13 bits per heavy atom. The molecule has 3 nitrogen and oxygen atoms in total. The smallest absolute Gasteiger partial charge is 0.160 e. The maximum absolute atomic E-state index is 5.71. The van der Waals surface area contributed by atoms with Crippen LogP contribution in [0, 0.1) is 0 Å². The Labute approximate surface area is 101 Å². The average molecular weight is 285 g/mol. The minimum Gasteiger partial charge on any atom is -0.264 e. The molecule has 0 spiro atoms. The first-order chi connectivity index (χ1) is 7.31. The second-order valence-corrected chi connectivity index (χ2v) is 3.98. The highest BCUT2D eigenvalue weighted by atomic mass is 79.9. The van der Waals surface area contributed by atoms with Crippen LogP contribution in [-0.4, -0.2) is 15.0 Å². The largest absolute Gasteiger partial charge is 0.264 e. The molecule has 76 valence electrons. The molecule has 2 rings (SSSR count). The highest BCUT2D eigenvalue weighted by Crippen LogP contribution is 2.23. The van der Waals surface area contributed by atoms with Crippen molar-refractivity contribution in [1.29, 1.82) is 0 Å². The van der Waals surface area contributed by atoms with E-state index in [4.69, 9.17) is 11.6 Å². The molecule has 2 aromatic rings. The Morgan fingerprint density at radius 3 is 2.87 bits per heavy atom. The zero-order chi connectivity index (χ0) is 10.7. The van der Waals surface area contributed by atoms with Gasteiger partial charge in [-0.1, -0.05) is 0 Å². The molecule has 0 fully saturated rings. The van der Waals surface area contributed by atoms with Gasteiger partial charge in [0, 0.05) is 28.6 Å². The Morgan fingerprint density at radius 1 is 1.27 bits per heavy atom. The van der Waals surface area contributed by atoms with Crippen LogP contribution < -0.4 is 0 Å². The second kappa shape index (κ2) is 4.68. The van der Waals surface area contributed by atoms with Gasteiger partial charge in [0.25, 0.3) is 0 Å². The predicted molar refractivity (Wildman–Crippen MR) is 62.5 cm³/mol. The molecular formula is C10H7BrClN3. The fraction of sp³-hybridized carbons (Fsp3) is 0.100. The summed E-state index contributed by atoms with van der Waals surface area (Å²) in [6.45, 7) is 0. The van der Waals surface area contributed by atoms with E-state index in [9.17, 15) is 0 Å². The van der Waals surface area contributed by atoms with Crippen LogP contribution in [0.15, 0.2) is 35.2 Å². The first-order valence-corrected chi connectivity index (χ1v) is 5.62. The number of rotatable bonds is 2. The van der Waals surface area contributed by atoms with Gasteiger partial charge < -0.3 is 0 Å². The van der Waals surface area contributed by atoms with E-state index in [1.807, 2.05) is 6.07 Å². The Balaban J connectivity index is 2.49. The van der Waals surface area contributed by atoms with Crippen molar-refractivity contribution in [2.45, 2.75) is 5.88 Å². The van der Waals surface area contributed by atoms with Gasteiger partial charge >= 0.3 is 0 Å². The van der Waals surface area contributed by atoms with Gasteiger partial charge in [-0.05, 0) is 28.1 Å². The van der Waals surface area contributed by atoms with Crippen molar-refractivity contribution in [3.8, 4) is 11.4 Å². The quantitative estimate of drug-likeness (QED) is 0.796. The van der Waals surface area contributed by atoms with Crippen molar-refractivity contribution in [2.24, 2.45) is 0 Å². The lowest BCUT2D eigenvalue weighted by Crippen LogP contribution is -1.93. The topological polar surface area (TPSA) is 38.7 Å². The van der Waals surface area contributed by atoms with Crippen molar-refractivity contribution in [2.75, 3.05) is 0 Å². The summed E-state index contributed by atoms with van der Waals surface area (Å²) >= 11 is 9.12. The Bertz CT molecular complexity index is 476. The van der Waals surface area contributed by atoms with Crippen LogP contribution in [0.25, 0.3) is 11.4 Å². The molecule has 15 heavy (non-hydrogen) atoms. The van der Waals surface area contributed by atoms with Crippen LogP contribution in [0.4, 0.5) is 0 Å². The summed E-state index contributed by atoms with van der Waals surface area (Å²) in [6.07, 6.45) is 5.12. The van der Waals surface area contributed by atoms with Gasteiger partial charge in [-0.2, -0.15) is 0 Å². The van der Waals surface area contributed by atoms with Crippen LogP contribution in [0.5, 0.6) is 0 Å². The number of aromatic nitrogens is 3. The molecule has 2 aromatic heterocycles. The molecule has 0 N–H and O–H groups in total. The highest BCUT2D eigenvalue weighted by molar-refractivity contribution is 9.10. The highest BCUT2D eigenvalue weighted by Gasteiger charge is 2.05. The van der Waals surface area contributed by atoms with Gasteiger partial charge in [0.05, 0.1) is 11.6 Å². The summed E-state index contributed by atoms with van der Waals surface area (Å²) in [5.74, 6) is 1.04. The SMILES string of the molecule is ClCc1ccnc(-c2ccncc2Br)n1. The van der Waals surface area contributed by atoms with E-state index in [0.717, 1.165) is 15.7 Å². The fourth-order valence-corrected chi connectivity index (χ4v) is 1.73. The summed E-state index contributed by atoms with van der Waals surface area (Å²) in [6, 6.07) is 3.66. The number of pyridine rings is 1. The number of halogens is 2. The van der Waals surface area contributed by atoms with E-state index in [2.05, 4.69) is 30.9 Å². The third kappa shape index (κ3) is 2.33. The van der Waals surface area contributed by atoms with Gasteiger partial charge in [-0.15, -0.1) is 11.6 Å². The van der Waals surface area contributed by atoms with Crippen molar-refractivity contribution in [3.05, 3.63) is 40.9 Å². The molecule has 0 aromatic carbocycles. The minimum atomic E-state index is 0.387. The third-order valence-electron chi connectivity index (χ3n) is 1.86.